The van der Waals surface area contributed by atoms with Crippen LogP contribution in [0.15, 0.2) is 60.3 Å². The van der Waals surface area contributed by atoms with Crippen LogP contribution in [0.1, 0.15) is 49.5 Å². The maximum absolute atomic E-state index is 12.8. The van der Waals surface area contributed by atoms with Gasteiger partial charge in [-0.05, 0) is 42.3 Å². The number of hydrogen-bond acceptors (Lipinski definition) is 3. The normalized spacial score (nSPS) is 16.6. The van der Waals surface area contributed by atoms with Gasteiger partial charge in [0.1, 0.15) is 5.75 Å². The highest BCUT2D eigenvalue weighted by molar-refractivity contribution is 6.05. The van der Waals surface area contributed by atoms with Crippen LogP contribution in [0.4, 0.5) is 5.69 Å². The van der Waals surface area contributed by atoms with Crippen LogP contribution in [0, 0.1) is 0 Å². The zero-order valence-electron chi connectivity index (χ0n) is 16.1. The van der Waals surface area contributed by atoms with Crippen molar-refractivity contribution in [2.75, 3.05) is 18.6 Å². The molecule has 0 amide bonds. The molecule has 2 aromatic carbocycles. The quantitative estimate of drug-likeness (QED) is 0.399. The summed E-state index contributed by atoms with van der Waals surface area (Å²) in [5.74, 6) is 0.834. The predicted molar refractivity (Wildman–Crippen MR) is 107 cm³/mol. The highest BCUT2D eigenvalue weighted by atomic mass is 16.5. The maximum atomic E-state index is 12.8. The lowest BCUT2D eigenvalue weighted by molar-refractivity contribution is 0.104. The van der Waals surface area contributed by atoms with Crippen LogP contribution >= 0.6 is 0 Å². The monoisotopic (exact) mass is 349 g/mol. The lowest BCUT2D eigenvalue weighted by Crippen LogP contribution is -2.24. The van der Waals surface area contributed by atoms with Gasteiger partial charge in [0.15, 0.2) is 5.78 Å². The fourth-order valence-corrected chi connectivity index (χ4v) is 3.52. The summed E-state index contributed by atoms with van der Waals surface area (Å²) < 4.78 is 5.67. The van der Waals surface area contributed by atoms with E-state index in [0.717, 1.165) is 30.0 Å². The molecule has 0 saturated carbocycles. The van der Waals surface area contributed by atoms with E-state index in [9.17, 15) is 4.79 Å². The van der Waals surface area contributed by atoms with E-state index < -0.39 is 0 Å². The minimum Gasteiger partial charge on any atom is -0.494 e. The van der Waals surface area contributed by atoms with Crippen molar-refractivity contribution in [2.45, 2.75) is 39.0 Å². The number of ketones is 1. The third kappa shape index (κ3) is 3.39. The molecule has 26 heavy (non-hydrogen) atoms. The van der Waals surface area contributed by atoms with Gasteiger partial charge in [-0.15, -0.1) is 0 Å². The van der Waals surface area contributed by atoms with Gasteiger partial charge in [-0.25, -0.2) is 0 Å². The second kappa shape index (κ2) is 7.36. The SMILES string of the molecule is CCCCOc1ccc(C(=O)/C=C2/N(C)c3ccccc3C2(C)C)cc1. The smallest absolute Gasteiger partial charge is 0.187 e. The largest absolute Gasteiger partial charge is 0.494 e. The minimum atomic E-state index is -0.190. The number of benzene rings is 2. The summed E-state index contributed by atoms with van der Waals surface area (Å²) >= 11 is 0. The number of rotatable bonds is 6. The summed E-state index contributed by atoms with van der Waals surface area (Å²) in [5, 5.41) is 0. The highest BCUT2D eigenvalue weighted by Gasteiger charge is 2.38. The average Bonchev–Trinajstić information content (AvgIpc) is 2.84. The Morgan fingerprint density at radius 1 is 1.12 bits per heavy atom. The number of ether oxygens (including phenoxy) is 1. The summed E-state index contributed by atoms with van der Waals surface area (Å²) in [5.41, 5.74) is 3.93. The number of nitrogens with zero attached hydrogens (tertiary/aromatic N) is 1. The van der Waals surface area contributed by atoms with Crippen LogP contribution in [0.3, 0.4) is 0 Å². The van der Waals surface area contributed by atoms with Gasteiger partial charge in [0.2, 0.25) is 0 Å². The summed E-state index contributed by atoms with van der Waals surface area (Å²) in [4.78, 5) is 14.9. The summed E-state index contributed by atoms with van der Waals surface area (Å²) in [7, 11) is 2.03. The topological polar surface area (TPSA) is 29.5 Å². The Kier molecular flexibility index (Phi) is 5.17. The van der Waals surface area contributed by atoms with Crippen LogP contribution in [0.25, 0.3) is 0 Å². The van der Waals surface area contributed by atoms with Crippen LogP contribution in [-0.4, -0.2) is 19.4 Å². The molecule has 0 saturated heterocycles. The van der Waals surface area contributed by atoms with E-state index in [1.165, 1.54) is 5.56 Å². The second-order valence-electron chi connectivity index (χ2n) is 7.32. The molecule has 3 nitrogen and oxygen atoms in total. The van der Waals surface area contributed by atoms with E-state index in [1.54, 1.807) is 6.08 Å². The fourth-order valence-electron chi connectivity index (χ4n) is 3.52. The van der Waals surface area contributed by atoms with E-state index in [0.29, 0.717) is 12.2 Å². The molecule has 0 atom stereocenters. The van der Waals surface area contributed by atoms with E-state index in [2.05, 4.69) is 43.9 Å². The number of fused-ring (bicyclic) bond motifs is 1. The van der Waals surface area contributed by atoms with Gasteiger partial charge in [0, 0.05) is 35.5 Å². The Hall–Kier alpha value is -2.55. The molecular weight excluding hydrogens is 322 g/mol. The summed E-state index contributed by atoms with van der Waals surface area (Å²) in [6.07, 6.45) is 3.91. The Balaban J connectivity index is 1.81. The Labute approximate surface area is 156 Å². The first kappa shape index (κ1) is 18.2. The molecule has 1 aliphatic heterocycles. The molecule has 0 radical (unpaired) electrons. The molecule has 0 unspecified atom stereocenters. The van der Waals surface area contributed by atoms with E-state index >= 15 is 0 Å². The molecule has 1 aliphatic rings. The first-order valence-electron chi connectivity index (χ1n) is 9.27. The van der Waals surface area contributed by atoms with Crippen molar-refractivity contribution < 1.29 is 9.53 Å². The minimum absolute atomic E-state index is 0.0211. The number of carbonyl (C=O) groups is 1. The Morgan fingerprint density at radius 3 is 2.46 bits per heavy atom. The molecule has 0 aliphatic carbocycles. The first-order valence-corrected chi connectivity index (χ1v) is 9.27. The highest BCUT2D eigenvalue weighted by Crippen LogP contribution is 2.46. The van der Waals surface area contributed by atoms with E-state index in [-0.39, 0.29) is 11.2 Å². The molecule has 0 N–H and O–H groups in total. The number of allylic oxidation sites excluding steroid dienone is 2. The van der Waals surface area contributed by atoms with E-state index in [1.807, 2.05) is 37.4 Å². The van der Waals surface area contributed by atoms with Crippen molar-refractivity contribution in [1.82, 2.24) is 0 Å². The van der Waals surface area contributed by atoms with Crippen molar-refractivity contribution in [3.63, 3.8) is 0 Å². The fraction of sp³-hybridized carbons (Fsp3) is 0.348. The maximum Gasteiger partial charge on any atom is 0.187 e. The van der Waals surface area contributed by atoms with Crippen molar-refractivity contribution in [2.24, 2.45) is 0 Å². The van der Waals surface area contributed by atoms with Crippen LogP contribution in [0.2, 0.25) is 0 Å². The standard InChI is InChI=1S/C23H27NO2/c1-5-6-15-26-18-13-11-17(12-14-18)21(25)16-22-23(2,3)19-9-7-8-10-20(19)24(22)4/h7-14,16H,5-6,15H2,1-4H3/b22-16+. The predicted octanol–water partition coefficient (Wildman–Crippen LogP) is 5.36. The van der Waals surface area contributed by atoms with Crippen molar-refractivity contribution in [3.05, 3.63) is 71.4 Å². The first-order chi connectivity index (χ1) is 12.4. The van der Waals surface area contributed by atoms with Gasteiger partial charge in [0.25, 0.3) is 0 Å². The second-order valence-corrected chi connectivity index (χ2v) is 7.32. The number of hydrogen-bond donors (Lipinski definition) is 0. The number of likely N-dealkylation sites (N-methyl/N-ethyl adjacent to an activating group) is 1. The zero-order chi connectivity index (χ0) is 18.7. The van der Waals surface area contributed by atoms with Gasteiger partial charge in [-0.2, -0.15) is 0 Å². The molecule has 2 aromatic rings. The lowest BCUT2D eigenvalue weighted by Gasteiger charge is -2.24. The number of carbonyl (C=O) groups excluding carboxylic acids is 1. The molecule has 3 heteroatoms. The number of unbranched alkanes of at least 4 members (excludes halogenated alkanes) is 1. The molecule has 3 rings (SSSR count). The molecule has 136 valence electrons. The number of anilines is 1. The number of para-hydroxylation sites is 1. The van der Waals surface area contributed by atoms with Crippen molar-refractivity contribution in [3.8, 4) is 5.75 Å². The van der Waals surface area contributed by atoms with Gasteiger partial charge < -0.3 is 9.64 Å². The van der Waals surface area contributed by atoms with Crippen molar-refractivity contribution >= 4 is 11.5 Å². The van der Waals surface area contributed by atoms with Crippen molar-refractivity contribution in [1.29, 1.82) is 0 Å². The van der Waals surface area contributed by atoms with Crippen LogP contribution in [0.5, 0.6) is 5.75 Å². The average molecular weight is 349 g/mol. The lowest BCUT2D eigenvalue weighted by atomic mass is 9.83. The zero-order valence-corrected chi connectivity index (χ0v) is 16.1. The van der Waals surface area contributed by atoms with E-state index in [4.69, 9.17) is 4.74 Å². The molecule has 0 aromatic heterocycles. The molecule has 1 heterocycles. The summed E-state index contributed by atoms with van der Waals surface area (Å²) in [6, 6.07) is 15.8. The Morgan fingerprint density at radius 2 is 1.81 bits per heavy atom. The molecular formula is C23H27NO2. The summed E-state index contributed by atoms with van der Waals surface area (Å²) in [6.45, 7) is 7.18. The molecule has 0 spiro atoms. The molecule has 0 fully saturated rings. The van der Waals surface area contributed by atoms with Gasteiger partial charge in [-0.1, -0.05) is 45.4 Å². The van der Waals surface area contributed by atoms with Crippen LogP contribution < -0.4 is 9.64 Å². The molecule has 0 bridgehead atoms. The van der Waals surface area contributed by atoms with Crippen LogP contribution in [-0.2, 0) is 5.41 Å². The van der Waals surface area contributed by atoms with Gasteiger partial charge >= 0.3 is 0 Å². The Bertz CT molecular complexity index is 818. The van der Waals surface area contributed by atoms with Gasteiger partial charge in [0.05, 0.1) is 6.61 Å². The third-order valence-electron chi connectivity index (χ3n) is 5.11. The van der Waals surface area contributed by atoms with Gasteiger partial charge in [-0.3, -0.25) is 4.79 Å². The third-order valence-corrected chi connectivity index (χ3v) is 5.11.